The number of sulfonamides is 1. The number of nitrogens with one attached hydrogen (secondary N) is 2. The van der Waals surface area contributed by atoms with Crippen LogP contribution in [0.5, 0.6) is 0 Å². The molecule has 0 heterocycles. The van der Waals surface area contributed by atoms with E-state index < -0.39 is 33.9 Å². The number of hydrogen-bond donors (Lipinski definition) is 2. The number of benzene rings is 2. The SMILES string of the molecule is O=C(NC(CCS(=O)(=O)NCCCl)C(=O)OCc1ccccc1)OCc1ccccc1. The van der Waals surface area contributed by atoms with E-state index in [2.05, 4.69) is 10.0 Å². The topological polar surface area (TPSA) is 111 Å². The number of ether oxygens (including phenoxy) is 2. The summed E-state index contributed by atoms with van der Waals surface area (Å²) in [6.07, 6.45) is -1.04. The van der Waals surface area contributed by atoms with E-state index in [9.17, 15) is 18.0 Å². The predicted octanol–water partition coefficient (Wildman–Crippen LogP) is 2.57. The summed E-state index contributed by atoms with van der Waals surface area (Å²) in [6.45, 7) is 0.0712. The molecule has 31 heavy (non-hydrogen) atoms. The van der Waals surface area contributed by atoms with Crippen LogP contribution < -0.4 is 10.0 Å². The van der Waals surface area contributed by atoms with Crippen molar-refractivity contribution in [1.82, 2.24) is 10.0 Å². The normalized spacial score (nSPS) is 12.0. The van der Waals surface area contributed by atoms with Crippen LogP contribution in [-0.4, -0.2) is 44.7 Å². The lowest BCUT2D eigenvalue weighted by Crippen LogP contribution is -2.44. The third-order valence-corrected chi connectivity index (χ3v) is 5.71. The van der Waals surface area contributed by atoms with Gasteiger partial charge in [0, 0.05) is 12.4 Å². The van der Waals surface area contributed by atoms with E-state index in [1.807, 2.05) is 12.1 Å². The Hall–Kier alpha value is -2.62. The maximum atomic E-state index is 12.5. The monoisotopic (exact) mass is 468 g/mol. The molecule has 1 atom stereocenters. The van der Waals surface area contributed by atoms with Gasteiger partial charge in [0.05, 0.1) is 5.75 Å². The number of alkyl carbamates (subject to hydrolysis) is 1. The Morgan fingerprint density at radius 3 is 2.00 bits per heavy atom. The largest absolute Gasteiger partial charge is 0.459 e. The first kappa shape index (κ1) is 24.6. The molecular weight excluding hydrogens is 444 g/mol. The Morgan fingerprint density at radius 2 is 1.45 bits per heavy atom. The molecule has 0 bridgehead atoms. The first-order chi connectivity index (χ1) is 14.9. The van der Waals surface area contributed by atoms with Crippen molar-refractivity contribution in [2.75, 3.05) is 18.2 Å². The standard InChI is InChI=1S/C21H25ClN2O6S/c22-12-13-23-31(27,28)14-11-19(20(25)29-15-17-7-3-1-4-8-17)24-21(26)30-16-18-9-5-2-6-10-18/h1-10,19,23H,11-16H2,(H,24,26). The van der Waals surface area contributed by atoms with Crippen LogP contribution in [0.15, 0.2) is 60.7 Å². The van der Waals surface area contributed by atoms with Gasteiger partial charge in [-0.1, -0.05) is 60.7 Å². The van der Waals surface area contributed by atoms with Crippen LogP contribution in [0.1, 0.15) is 17.5 Å². The number of amides is 1. The van der Waals surface area contributed by atoms with Gasteiger partial charge in [-0.25, -0.2) is 22.7 Å². The fraction of sp³-hybridized carbons (Fsp3) is 0.333. The maximum Gasteiger partial charge on any atom is 0.408 e. The number of carbonyl (C=O) groups is 2. The molecule has 1 amide bonds. The highest BCUT2D eigenvalue weighted by Gasteiger charge is 2.25. The average molecular weight is 469 g/mol. The van der Waals surface area contributed by atoms with Crippen LogP contribution >= 0.6 is 11.6 Å². The Morgan fingerprint density at radius 1 is 0.903 bits per heavy atom. The molecule has 0 aliphatic heterocycles. The molecule has 2 N–H and O–H groups in total. The Kier molecular flexibility index (Phi) is 10.3. The number of halogens is 1. The summed E-state index contributed by atoms with van der Waals surface area (Å²) in [7, 11) is -3.66. The molecule has 1 unspecified atom stereocenters. The molecule has 8 nitrogen and oxygen atoms in total. The number of carbonyl (C=O) groups excluding carboxylic acids is 2. The van der Waals surface area contributed by atoms with Crippen molar-refractivity contribution >= 4 is 33.7 Å². The van der Waals surface area contributed by atoms with E-state index in [-0.39, 0.29) is 32.1 Å². The minimum Gasteiger partial charge on any atom is -0.459 e. The lowest BCUT2D eigenvalue weighted by atomic mass is 10.2. The van der Waals surface area contributed by atoms with Crippen molar-refractivity contribution in [2.45, 2.75) is 25.7 Å². The van der Waals surface area contributed by atoms with Crippen molar-refractivity contribution in [3.05, 3.63) is 71.8 Å². The summed E-state index contributed by atoms with van der Waals surface area (Å²) in [5.41, 5.74) is 1.53. The second kappa shape index (κ2) is 12.9. The van der Waals surface area contributed by atoms with E-state index in [1.165, 1.54) is 0 Å². The Bertz CT molecular complexity index is 925. The lowest BCUT2D eigenvalue weighted by Gasteiger charge is -2.18. The highest BCUT2D eigenvalue weighted by molar-refractivity contribution is 7.89. The van der Waals surface area contributed by atoms with Gasteiger partial charge in [-0.05, 0) is 17.5 Å². The van der Waals surface area contributed by atoms with Gasteiger partial charge in [0.2, 0.25) is 10.0 Å². The van der Waals surface area contributed by atoms with E-state index in [1.54, 1.807) is 48.5 Å². The lowest BCUT2D eigenvalue weighted by molar-refractivity contribution is -0.147. The molecule has 168 valence electrons. The molecule has 0 aromatic heterocycles. The summed E-state index contributed by atoms with van der Waals surface area (Å²) in [4.78, 5) is 24.7. The molecule has 0 spiro atoms. The van der Waals surface area contributed by atoms with Gasteiger partial charge in [-0.15, -0.1) is 11.6 Å². The molecule has 0 saturated carbocycles. The zero-order chi connectivity index (χ0) is 22.5. The molecule has 0 radical (unpaired) electrons. The highest BCUT2D eigenvalue weighted by atomic mass is 35.5. The van der Waals surface area contributed by atoms with E-state index >= 15 is 0 Å². The Labute approximate surface area is 186 Å². The van der Waals surface area contributed by atoms with E-state index in [0.29, 0.717) is 0 Å². The van der Waals surface area contributed by atoms with Crippen molar-refractivity contribution < 1.29 is 27.5 Å². The maximum absolute atomic E-state index is 12.5. The summed E-state index contributed by atoms with van der Waals surface area (Å²) < 4.78 is 36.7. The summed E-state index contributed by atoms with van der Waals surface area (Å²) in [5.74, 6) is -1.03. The average Bonchev–Trinajstić information content (AvgIpc) is 2.79. The zero-order valence-corrected chi connectivity index (χ0v) is 18.4. The van der Waals surface area contributed by atoms with Crippen LogP contribution in [0, 0.1) is 0 Å². The highest BCUT2D eigenvalue weighted by Crippen LogP contribution is 2.06. The minimum atomic E-state index is -3.66. The van der Waals surface area contributed by atoms with Crippen molar-refractivity contribution in [3.63, 3.8) is 0 Å². The smallest absolute Gasteiger partial charge is 0.408 e. The molecule has 0 saturated heterocycles. The first-order valence-corrected chi connectivity index (χ1v) is 11.8. The fourth-order valence-electron chi connectivity index (χ4n) is 2.52. The van der Waals surface area contributed by atoms with Gasteiger partial charge in [0.25, 0.3) is 0 Å². The van der Waals surface area contributed by atoms with Crippen LogP contribution in [0.25, 0.3) is 0 Å². The third kappa shape index (κ3) is 9.82. The molecule has 2 aromatic rings. The first-order valence-electron chi connectivity index (χ1n) is 9.60. The Balaban J connectivity index is 1.96. The molecule has 0 fully saturated rings. The molecule has 0 aliphatic carbocycles. The van der Waals surface area contributed by atoms with Gasteiger partial charge >= 0.3 is 12.1 Å². The van der Waals surface area contributed by atoms with Gasteiger partial charge in [0.1, 0.15) is 19.3 Å². The predicted molar refractivity (Wildman–Crippen MR) is 117 cm³/mol. The van der Waals surface area contributed by atoms with Crippen LogP contribution in [0.3, 0.4) is 0 Å². The molecule has 10 heteroatoms. The summed E-state index contributed by atoms with van der Waals surface area (Å²) in [6, 6.07) is 16.8. The second-order valence-corrected chi connectivity index (χ2v) is 8.85. The molecular formula is C21H25ClN2O6S. The van der Waals surface area contributed by atoms with Gasteiger partial charge < -0.3 is 14.8 Å². The van der Waals surface area contributed by atoms with Crippen molar-refractivity contribution in [2.24, 2.45) is 0 Å². The molecule has 2 rings (SSSR count). The van der Waals surface area contributed by atoms with Crippen molar-refractivity contribution in [1.29, 1.82) is 0 Å². The summed E-state index contributed by atoms with van der Waals surface area (Å²) >= 11 is 5.50. The second-order valence-electron chi connectivity index (χ2n) is 6.54. The van der Waals surface area contributed by atoms with Crippen LogP contribution in [-0.2, 0) is 37.5 Å². The van der Waals surface area contributed by atoms with Crippen LogP contribution in [0.2, 0.25) is 0 Å². The zero-order valence-electron chi connectivity index (χ0n) is 16.8. The summed E-state index contributed by atoms with van der Waals surface area (Å²) in [5, 5.41) is 2.40. The van der Waals surface area contributed by atoms with Crippen molar-refractivity contribution in [3.8, 4) is 0 Å². The van der Waals surface area contributed by atoms with E-state index in [4.69, 9.17) is 21.1 Å². The van der Waals surface area contributed by atoms with Gasteiger partial charge in [0.15, 0.2) is 0 Å². The fourth-order valence-corrected chi connectivity index (χ4v) is 3.83. The van der Waals surface area contributed by atoms with Gasteiger partial charge in [-0.2, -0.15) is 0 Å². The number of rotatable bonds is 12. The molecule has 2 aromatic carbocycles. The minimum absolute atomic E-state index is 0.00579. The van der Waals surface area contributed by atoms with Gasteiger partial charge in [-0.3, -0.25) is 0 Å². The van der Waals surface area contributed by atoms with Crippen LogP contribution in [0.4, 0.5) is 4.79 Å². The van der Waals surface area contributed by atoms with E-state index in [0.717, 1.165) is 11.1 Å². The number of hydrogen-bond acceptors (Lipinski definition) is 6. The quantitative estimate of drug-likeness (QED) is 0.366. The third-order valence-electron chi connectivity index (χ3n) is 4.10. The molecule has 0 aliphatic rings. The number of alkyl halides is 1. The number of esters is 1.